The highest BCUT2D eigenvalue weighted by molar-refractivity contribution is 7.88. The van der Waals surface area contributed by atoms with Crippen LogP contribution in [0.25, 0.3) is 0 Å². The van der Waals surface area contributed by atoms with Crippen molar-refractivity contribution in [3.8, 4) is 5.75 Å². The van der Waals surface area contributed by atoms with Crippen molar-refractivity contribution in [3.63, 3.8) is 0 Å². The Kier molecular flexibility index (Phi) is 68.5. The van der Waals surface area contributed by atoms with Crippen LogP contribution in [0.5, 0.6) is 5.75 Å². The van der Waals surface area contributed by atoms with E-state index in [0.717, 1.165) is 12.2 Å². The topological polar surface area (TPSA) is 286 Å². The predicted octanol–water partition coefficient (Wildman–Crippen LogP) is 4.13. The van der Waals surface area contributed by atoms with Gasteiger partial charge >= 0.3 is 10.8 Å². The number of hydrogen-bond donors (Lipinski definition) is 1. The van der Waals surface area contributed by atoms with Crippen molar-refractivity contribution < 1.29 is 127 Å². The molecule has 0 aliphatic carbocycles. The number of benzene rings is 1. The summed E-state index contributed by atoms with van der Waals surface area (Å²) in [6.45, 7) is 24.5. The predicted molar refractivity (Wildman–Crippen MR) is 329 cm³/mol. The molecule has 0 saturated heterocycles. The van der Waals surface area contributed by atoms with Gasteiger partial charge < -0.3 is 104 Å². The van der Waals surface area contributed by atoms with E-state index in [1.165, 1.54) is 50.5 Å². The van der Waals surface area contributed by atoms with Crippen LogP contribution in [-0.2, 0) is 134 Å². The summed E-state index contributed by atoms with van der Waals surface area (Å²) in [4.78, 5) is 0. The first-order chi connectivity index (χ1) is 44.0. The fraction of sp³-hybridized carbons (Fsp3) is 0.869. The van der Waals surface area contributed by atoms with E-state index in [-0.39, 0.29) is 19.3 Å². The molecular weight excluding hydrogens is 1190 g/mol. The van der Waals surface area contributed by atoms with Gasteiger partial charge in [0.2, 0.25) is 0 Å². The van der Waals surface area contributed by atoms with Gasteiger partial charge in [0.15, 0.2) is 0 Å². The molecule has 525 valence electrons. The van der Waals surface area contributed by atoms with Crippen molar-refractivity contribution in [1.82, 2.24) is 0 Å². The van der Waals surface area contributed by atoms with Crippen LogP contribution in [0.3, 0.4) is 0 Å². The van der Waals surface area contributed by atoms with Crippen LogP contribution in [-0.4, -0.2) is 290 Å². The lowest BCUT2D eigenvalue weighted by Crippen LogP contribution is -2.53. The molecule has 1 radical (unpaired) electrons. The van der Waals surface area contributed by atoms with E-state index in [9.17, 15) is 8.76 Å². The highest BCUT2D eigenvalue weighted by Gasteiger charge is 2.35. The molecule has 2 unspecified atom stereocenters. The van der Waals surface area contributed by atoms with E-state index in [1.807, 2.05) is 12.1 Å². The molecular formula is C61H116NO26S+2. The molecule has 1 aromatic carbocycles. The SMILES string of the molecule is C=CCOCC(COc1ccc(CCCCCCCCC)cc1)OCCOCCOCCOCCOCCOCCOCCOCCOCCOCCOCCOCCOCCOCCOCCOCCOCCOCCOCCOCCO[S+]([O])(=O)O[NH3+]. The lowest BCUT2D eigenvalue weighted by Gasteiger charge is -2.19. The maximum Gasteiger partial charge on any atom is 0.597 e. The van der Waals surface area contributed by atoms with E-state index < -0.39 is 10.8 Å². The Morgan fingerprint density at radius 2 is 0.640 bits per heavy atom. The summed E-state index contributed by atoms with van der Waals surface area (Å²) in [5.41, 5.74) is 1.35. The molecule has 28 heteroatoms. The third kappa shape index (κ3) is 67.2. The van der Waals surface area contributed by atoms with Crippen molar-refractivity contribution in [2.75, 3.05) is 284 Å². The van der Waals surface area contributed by atoms with Crippen LogP contribution in [0.4, 0.5) is 0 Å². The molecule has 0 saturated carbocycles. The number of hydrogen-bond acceptors (Lipinski definition) is 25. The minimum Gasteiger partial charge on any atom is -0.491 e. The van der Waals surface area contributed by atoms with E-state index in [2.05, 4.69) is 40.0 Å². The van der Waals surface area contributed by atoms with Gasteiger partial charge in [-0.2, -0.15) is 5.90 Å². The van der Waals surface area contributed by atoms with Gasteiger partial charge in [-0.05, 0) is 30.5 Å². The van der Waals surface area contributed by atoms with E-state index >= 15 is 0 Å². The summed E-state index contributed by atoms with van der Waals surface area (Å²) in [5.74, 6) is 3.61. The quantitative estimate of drug-likeness (QED) is 0.0415. The lowest BCUT2D eigenvalue weighted by atomic mass is 10.0. The van der Waals surface area contributed by atoms with Crippen LogP contribution in [0.2, 0.25) is 0 Å². The molecule has 0 amide bonds. The molecule has 0 fully saturated rings. The molecule has 0 aliphatic heterocycles. The third-order valence-corrected chi connectivity index (χ3v) is 12.6. The Bertz CT molecular complexity index is 1590. The lowest BCUT2D eigenvalue weighted by molar-refractivity contribution is -0.640. The molecule has 2 atom stereocenters. The molecule has 0 spiro atoms. The highest BCUT2D eigenvalue weighted by Crippen LogP contribution is 2.16. The third-order valence-electron chi connectivity index (χ3n) is 11.8. The van der Waals surface area contributed by atoms with E-state index in [0.29, 0.717) is 271 Å². The number of unbranched alkanes of at least 4 members (excludes halogenated alkanes) is 6. The minimum absolute atomic E-state index is 0.0806. The van der Waals surface area contributed by atoms with Gasteiger partial charge in [-0.15, -0.1) is 10.8 Å². The second-order valence-corrected chi connectivity index (χ2v) is 20.4. The summed E-state index contributed by atoms with van der Waals surface area (Å²) in [5, 5.41) is 0. The maximum atomic E-state index is 10.9. The van der Waals surface area contributed by atoms with Crippen LogP contribution < -0.4 is 10.6 Å². The fourth-order valence-electron chi connectivity index (χ4n) is 7.22. The standard InChI is InChI=1S/C61H116NO26S/c1-3-5-6-7-8-9-10-11-59-12-14-60(15-13-59)86-58-61(57-84-16-4-2)85-55-53-82-51-49-80-47-45-78-43-41-76-39-37-74-35-33-72-31-29-70-27-25-68-23-21-66-19-17-65-18-20-67-22-24-69-26-28-71-30-32-73-34-36-75-38-40-77-42-44-79-46-48-81-50-52-83-54-56-87-89(63,64)88-62/h4,12-15,61H,2-3,5-11,16-58H2,1,62H3/q+2. The average molecular weight is 1310 g/mol. The number of rotatable bonds is 78. The zero-order chi connectivity index (χ0) is 63.8. The van der Waals surface area contributed by atoms with Gasteiger partial charge in [0, 0.05) is 4.21 Å². The Morgan fingerprint density at radius 1 is 0.371 bits per heavy atom. The molecule has 1 aromatic rings. The Balaban J connectivity index is 1.69. The Labute approximate surface area is 533 Å². The molecule has 0 aromatic heterocycles. The second kappa shape index (κ2) is 71.8. The molecule has 1 rings (SSSR count). The monoisotopic (exact) mass is 1310 g/mol. The summed E-state index contributed by atoms with van der Waals surface area (Å²) in [6.07, 6.45) is 11.8. The van der Waals surface area contributed by atoms with Gasteiger partial charge in [-0.1, -0.05) is 63.7 Å². The van der Waals surface area contributed by atoms with Crippen molar-refractivity contribution in [2.24, 2.45) is 0 Å². The summed E-state index contributed by atoms with van der Waals surface area (Å²) < 4.78 is 152. The van der Waals surface area contributed by atoms with Crippen molar-refractivity contribution >= 4 is 10.8 Å². The van der Waals surface area contributed by atoms with Crippen LogP contribution >= 0.6 is 0 Å². The molecule has 0 bridgehead atoms. The van der Waals surface area contributed by atoms with Crippen LogP contribution in [0.15, 0.2) is 36.9 Å². The van der Waals surface area contributed by atoms with Crippen LogP contribution in [0.1, 0.15) is 57.4 Å². The number of aryl methyl sites for hydroxylation is 1. The zero-order valence-electron chi connectivity index (χ0n) is 54.0. The normalized spacial score (nSPS) is 12.8. The van der Waals surface area contributed by atoms with Gasteiger partial charge in [-0.3, -0.25) is 0 Å². The Hall–Kier alpha value is -2.09. The molecule has 27 nitrogen and oxygen atoms in total. The van der Waals surface area contributed by atoms with Crippen molar-refractivity contribution in [2.45, 2.75) is 64.4 Å². The first kappa shape index (κ1) is 84.9. The van der Waals surface area contributed by atoms with Gasteiger partial charge in [0.25, 0.3) is 0 Å². The largest absolute Gasteiger partial charge is 0.597 e. The summed E-state index contributed by atoms with van der Waals surface area (Å²) >= 11 is 0. The van der Waals surface area contributed by atoms with Crippen molar-refractivity contribution in [3.05, 3.63) is 42.5 Å². The summed E-state index contributed by atoms with van der Waals surface area (Å²) in [7, 11) is -4.04. The van der Waals surface area contributed by atoms with Gasteiger partial charge in [-0.25, -0.2) is 0 Å². The fourth-order valence-corrected chi connectivity index (χ4v) is 7.56. The molecule has 89 heavy (non-hydrogen) atoms. The molecule has 0 heterocycles. The van der Waals surface area contributed by atoms with E-state index in [1.54, 1.807) is 6.08 Å². The molecule has 3 N–H and O–H groups in total. The smallest absolute Gasteiger partial charge is 0.491 e. The number of ether oxygens (including phenoxy) is 22. The van der Waals surface area contributed by atoms with Crippen LogP contribution in [0, 0.1) is 0 Å². The van der Waals surface area contributed by atoms with Gasteiger partial charge in [0.05, 0.1) is 275 Å². The molecule has 0 aliphatic rings. The van der Waals surface area contributed by atoms with Gasteiger partial charge in [0.1, 0.15) is 29.6 Å². The van der Waals surface area contributed by atoms with Crippen molar-refractivity contribution in [1.29, 1.82) is 0 Å². The van der Waals surface area contributed by atoms with E-state index in [4.69, 9.17) is 104 Å². The minimum atomic E-state index is -4.04. The first-order valence-electron chi connectivity index (χ1n) is 31.8. The number of quaternary nitrogens is 1. The highest BCUT2D eigenvalue weighted by atomic mass is 32.3. The summed E-state index contributed by atoms with van der Waals surface area (Å²) in [6, 6.07) is 8.39. The maximum absolute atomic E-state index is 10.9. The zero-order valence-corrected chi connectivity index (χ0v) is 54.8. The Morgan fingerprint density at radius 3 is 0.921 bits per heavy atom. The first-order valence-corrected chi connectivity index (χ1v) is 33.2. The second-order valence-electron chi connectivity index (χ2n) is 19.1. The average Bonchev–Trinajstić information content (AvgIpc) is 3.74.